The fourth-order valence-corrected chi connectivity index (χ4v) is 2.06. The molecule has 0 saturated carbocycles. The Morgan fingerprint density at radius 1 is 0.769 bits per heavy atom. The average Bonchev–Trinajstić information content (AvgIpc) is 2.56. The smallest absolute Gasteiger partial charge is 0.370 e. The summed E-state index contributed by atoms with van der Waals surface area (Å²) in [5.74, 6) is -1.45. The average molecular weight is 370 g/mol. The molecule has 5 heteroatoms. The zero-order valence-corrected chi connectivity index (χ0v) is 15.4. The first-order valence-corrected chi connectivity index (χ1v) is 9.08. The fraction of sp³-hybridized carbons (Fsp3) is 0.476. The summed E-state index contributed by atoms with van der Waals surface area (Å²) in [7, 11) is 0. The molecular weight excluding hydrogens is 341 g/mol. The van der Waals surface area contributed by atoms with Crippen molar-refractivity contribution in [2.24, 2.45) is 0 Å². The van der Waals surface area contributed by atoms with Gasteiger partial charge in [0.25, 0.3) is 0 Å². The van der Waals surface area contributed by atoms with E-state index in [1.165, 1.54) is 57.1 Å². The molecule has 26 heavy (non-hydrogen) atoms. The predicted molar refractivity (Wildman–Crippen MR) is 100 cm³/mol. The lowest BCUT2D eigenvalue weighted by Crippen LogP contribution is -2.17. The standard InChI is InChI=1S/C21H29F3O2/c1-2-3-4-5-6-7-8-9-10-11-12-13-14-15-16-17-18-19-20(25)26-21(22,23)24/h10-19H,2-9H2,1H3. The summed E-state index contributed by atoms with van der Waals surface area (Å²) >= 11 is 0. The third kappa shape index (κ3) is 20.0. The van der Waals surface area contributed by atoms with E-state index >= 15 is 0 Å². The summed E-state index contributed by atoms with van der Waals surface area (Å²) in [6, 6.07) is 0. The molecule has 0 bridgehead atoms. The number of hydrogen-bond donors (Lipinski definition) is 0. The maximum absolute atomic E-state index is 11.7. The Kier molecular flexibility index (Phi) is 15.1. The third-order valence-electron chi connectivity index (χ3n) is 3.34. The van der Waals surface area contributed by atoms with Crippen LogP contribution in [0.15, 0.2) is 60.8 Å². The van der Waals surface area contributed by atoms with E-state index in [4.69, 9.17) is 0 Å². The largest absolute Gasteiger partial charge is 0.575 e. The third-order valence-corrected chi connectivity index (χ3v) is 3.34. The van der Waals surface area contributed by atoms with Gasteiger partial charge in [-0.3, -0.25) is 0 Å². The molecule has 0 heterocycles. The second-order valence-corrected chi connectivity index (χ2v) is 5.72. The van der Waals surface area contributed by atoms with Crippen LogP contribution in [0.4, 0.5) is 13.2 Å². The van der Waals surface area contributed by atoms with Gasteiger partial charge in [0.15, 0.2) is 0 Å². The minimum atomic E-state index is -4.95. The molecule has 0 N–H and O–H groups in total. The number of halogens is 3. The van der Waals surface area contributed by atoms with E-state index < -0.39 is 12.3 Å². The van der Waals surface area contributed by atoms with Crippen molar-refractivity contribution in [2.75, 3.05) is 0 Å². The number of esters is 1. The van der Waals surface area contributed by atoms with Gasteiger partial charge in [0.05, 0.1) is 0 Å². The highest BCUT2D eigenvalue weighted by molar-refractivity contribution is 5.82. The maximum atomic E-state index is 11.7. The monoisotopic (exact) mass is 370 g/mol. The number of alkyl halides is 3. The molecule has 146 valence electrons. The van der Waals surface area contributed by atoms with Crippen LogP contribution in [-0.4, -0.2) is 12.3 Å². The summed E-state index contributed by atoms with van der Waals surface area (Å²) in [4.78, 5) is 10.7. The van der Waals surface area contributed by atoms with Crippen LogP contribution in [0.2, 0.25) is 0 Å². The molecule has 0 rings (SSSR count). The lowest BCUT2D eigenvalue weighted by Gasteiger charge is -2.02. The van der Waals surface area contributed by atoms with Crippen molar-refractivity contribution in [3.05, 3.63) is 60.8 Å². The van der Waals surface area contributed by atoms with Gasteiger partial charge in [-0.1, -0.05) is 100 Å². The minimum absolute atomic E-state index is 0.709. The first kappa shape index (κ1) is 24.0. The van der Waals surface area contributed by atoms with Crippen LogP contribution >= 0.6 is 0 Å². The van der Waals surface area contributed by atoms with E-state index in [1.807, 2.05) is 18.2 Å². The van der Waals surface area contributed by atoms with E-state index in [2.05, 4.69) is 17.7 Å². The summed E-state index contributed by atoms with van der Waals surface area (Å²) in [5.41, 5.74) is 0. The van der Waals surface area contributed by atoms with E-state index in [1.54, 1.807) is 18.2 Å². The Bertz CT molecular complexity index is 498. The Morgan fingerprint density at radius 2 is 1.27 bits per heavy atom. The molecule has 0 spiro atoms. The quantitative estimate of drug-likeness (QED) is 0.151. The molecule has 0 aromatic rings. The second kappa shape index (κ2) is 16.4. The number of ether oxygens (including phenoxy) is 1. The maximum Gasteiger partial charge on any atom is 0.575 e. The van der Waals surface area contributed by atoms with Crippen molar-refractivity contribution in [3.8, 4) is 0 Å². The van der Waals surface area contributed by atoms with Crippen molar-refractivity contribution in [2.45, 2.75) is 64.7 Å². The van der Waals surface area contributed by atoms with Gasteiger partial charge < -0.3 is 4.74 Å². The predicted octanol–water partition coefficient (Wildman–Crippen LogP) is 6.97. The summed E-state index contributed by atoms with van der Waals surface area (Å²) < 4.78 is 38.3. The number of unbranched alkanes of at least 4 members (excludes halogenated alkanes) is 7. The highest BCUT2D eigenvalue weighted by Gasteiger charge is 2.32. The van der Waals surface area contributed by atoms with Gasteiger partial charge in [0.2, 0.25) is 0 Å². The molecule has 0 aliphatic heterocycles. The van der Waals surface area contributed by atoms with Crippen molar-refractivity contribution < 1.29 is 22.7 Å². The van der Waals surface area contributed by atoms with Crippen molar-refractivity contribution in [1.82, 2.24) is 0 Å². The Morgan fingerprint density at radius 3 is 1.85 bits per heavy atom. The second-order valence-electron chi connectivity index (χ2n) is 5.72. The number of allylic oxidation sites excluding steroid dienone is 9. The van der Waals surface area contributed by atoms with Crippen LogP contribution in [0.3, 0.4) is 0 Å². The molecular formula is C21H29F3O2. The lowest BCUT2D eigenvalue weighted by molar-refractivity contribution is -0.302. The van der Waals surface area contributed by atoms with E-state index in [-0.39, 0.29) is 0 Å². The van der Waals surface area contributed by atoms with Crippen LogP contribution in [-0.2, 0) is 9.53 Å². The van der Waals surface area contributed by atoms with Gasteiger partial charge in [-0.15, -0.1) is 13.2 Å². The number of carbonyl (C=O) groups excluding carboxylic acids is 1. The Labute approximate surface area is 154 Å². The highest BCUT2D eigenvalue weighted by atomic mass is 19.4. The van der Waals surface area contributed by atoms with Crippen LogP contribution in [0, 0.1) is 0 Å². The molecule has 0 radical (unpaired) electrons. The van der Waals surface area contributed by atoms with Crippen molar-refractivity contribution in [3.63, 3.8) is 0 Å². The number of rotatable bonds is 13. The van der Waals surface area contributed by atoms with Gasteiger partial charge >= 0.3 is 12.3 Å². The first-order chi connectivity index (χ1) is 12.5. The molecule has 0 aliphatic rings. The molecule has 2 nitrogen and oxygen atoms in total. The van der Waals surface area contributed by atoms with E-state index in [0.29, 0.717) is 6.08 Å². The minimum Gasteiger partial charge on any atom is -0.370 e. The van der Waals surface area contributed by atoms with Gasteiger partial charge in [-0.25, -0.2) is 4.79 Å². The summed E-state index contributed by atoms with van der Waals surface area (Å²) in [6.45, 7) is 2.22. The van der Waals surface area contributed by atoms with Crippen molar-refractivity contribution in [1.29, 1.82) is 0 Å². The fourth-order valence-electron chi connectivity index (χ4n) is 2.06. The molecule has 0 aliphatic carbocycles. The Hall–Kier alpha value is -2.04. The zero-order chi connectivity index (χ0) is 19.5. The van der Waals surface area contributed by atoms with E-state index in [0.717, 1.165) is 6.42 Å². The van der Waals surface area contributed by atoms with Gasteiger partial charge in [0, 0.05) is 6.08 Å². The molecule has 0 unspecified atom stereocenters. The van der Waals surface area contributed by atoms with Gasteiger partial charge in [0.1, 0.15) is 0 Å². The first-order valence-electron chi connectivity index (χ1n) is 9.08. The van der Waals surface area contributed by atoms with E-state index in [9.17, 15) is 18.0 Å². The molecule has 0 atom stereocenters. The van der Waals surface area contributed by atoms with Crippen LogP contribution in [0.1, 0.15) is 58.3 Å². The summed E-state index contributed by atoms with van der Waals surface area (Å²) in [5, 5.41) is 0. The lowest BCUT2D eigenvalue weighted by atomic mass is 10.1. The molecule has 0 fully saturated rings. The zero-order valence-electron chi connectivity index (χ0n) is 15.4. The number of carbonyl (C=O) groups is 1. The SMILES string of the molecule is CCCCCCCCCC=CC=CC=CC=CC=CC(=O)OC(F)(F)F. The normalized spacial score (nSPS) is 13.2. The van der Waals surface area contributed by atoms with Crippen LogP contribution in [0.5, 0.6) is 0 Å². The van der Waals surface area contributed by atoms with Crippen LogP contribution < -0.4 is 0 Å². The summed E-state index contributed by atoms with van der Waals surface area (Å²) in [6.07, 6.45) is 21.6. The van der Waals surface area contributed by atoms with Crippen molar-refractivity contribution >= 4 is 5.97 Å². The molecule has 0 amide bonds. The van der Waals surface area contributed by atoms with Gasteiger partial charge in [-0.2, -0.15) is 0 Å². The van der Waals surface area contributed by atoms with Gasteiger partial charge in [-0.05, 0) is 12.8 Å². The molecule has 0 saturated heterocycles. The highest BCUT2D eigenvalue weighted by Crippen LogP contribution is 2.16. The number of hydrogen-bond acceptors (Lipinski definition) is 2. The Balaban J connectivity index is 3.70. The molecule has 0 aromatic heterocycles. The molecule has 0 aromatic carbocycles. The topological polar surface area (TPSA) is 26.3 Å². The van der Waals surface area contributed by atoms with Crippen LogP contribution in [0.25, 0.3) is 0 Å².